The van der Waals surface area contributed by atoms with E-state index in [0.29, 0.717) is 21.4 Å². The molecule has 0 aromatic heterocycles. The van der Waals surface area contributed by atoms with E-state index in [-0.39, 0.29) is 11.3 Å². The second kappa shape index (κ2) is 7.93. The summed E-state index contributed by atoms with van der Waals surface area (Å²) < 4.78 is 0. The fourth-order valence-electron chi connectivity index (χ4n) is 3.00. The van der Waals surface area contributed by atoms with E-state index in [1.165, 1.54) is 12.1 Å². The zero-order valence-corrected chi connectivity index (χ0v) is 15.4. The van der Waals surface area contributed by atoms with Gasteiger partial charge in [-0.1, -0.05) is 23.2 Å². The van der Waals surface area contributed by atoms with Crippen LogP contribution >= 0.6 is 23.2 Å². The first-order chi connectivity index (χ1) is 12.5. The number of nitrogens with one attached hydrogen (secondary N) is 1. The molecule has 1 fully saturated rings. The van der Waals surface area contributed by atoms with Crippen molar-refractivity contribution in [1.82, 2.24) is 0 Å². The molecule has 0 saturated carbocycles. The van der Waals surface area contributed by atoms with E-state index in [0.717, 1.165) is 32.4 Å². The molecule has 1 aliphatic rings. The number of nitrogens with zero attached hydrogens (tertiary/aromatic N) is 2. The summed E-state index contributed by atoms with van der Waals surface area (Å²) in [5.74, 6) is -0.484. The topological polar surface area (TPSA) is 75.5 Å². The summed E-state index contributed by atoms with van der Waals surface area (Å²) in [6.45, 7) is 1.56. The molecule has 0 unspecified atom stereocenters. The first-order valence-corrected chi connectivity index (χ1v) is 9.01. The first kappa shape index (κ1) is 18.5. The Labute approximate surface area is 160 Å². The van der Waals surface area contributed by atoms with Crippen LogP contribution in [-0.2, 0) is 0 Å². The van der Waals surface area contributed by atoms with Crippen LogP contribution in [0.3, 0.4) is 0 Å². The number of piperidine rings is 1. The number of carbonyl (C=O) groups excluding carboxylic acids is 1. The van der Waals surface area contributed by atoms with E-state index in [1.807, 2.05) is 4.90 Å². The molecule has 1 amide bonds. The SMILES string of the molecule is O=C(Nc1cc(Cl)ccc1Cl)c1ccc(N2CCCCC2)c([N+](=O)[O-])c1. The average molecular weight is 394 g/mol. The molecule has 0 aliphatic carbocycles. The molecule has 1 aliphatic heterocycles. The summed E-state index contributed by atoms with van der Waals surface area (Å²) in [5, 5.41) is 14.9. The molecule has 6 nitrogen and oxygen atoms in total. The molecule has 3 rings (SSSR count). The third kappa shape index (κ3) is 4.08. The van der Waals surface area contributed by atoms with Crippen LogP contribution in [0.25, 0.3) is 0 Å². The quantitative estimate of drug-likeness (QED) is 0.575. The Bertz CT molecular complexity index is 852. The highest BCUT2D eigenvalue weighted by molar-refractivity contribution is 6.35. The molecule has 1 N–H and O–H groups in total. The molecule has 0 spiro atoms. The maximum Gasteiger partial charge on any atom is 0.293 e. The van der Waals surface area contributed by atoms with Crippen molar-refractivity contribution < 1.29 is 9.72 Å². The summed E-state index contributed by atoms with van der Waals surface area (Å²) in [6.07, 6.45) is 3.14. The molecule has 1 heterocycles. The fourth-order valence-corrected chi connectivity index (χ4v) is 3.34. The maximum absolute atomic E-state index is 12.5. The van der Waals surface area contributed by atoms with Crippen molar-refractivity contribution in [3.8, 4) is 0 Å². The lowest BCUT2D eigenvalue weighted by atomic mass is 10.1. The van der Waals surface area contributed by atoms with Gasteiger partial charge in [-0.05, 0) is 49.6 Å². The predicted molar refractivity (Wildman–Crippen MR) is 104 cm³/mol. The number of benzene rings is 2. The molecule has 1 saturated heterocycles. The lowest BCUT2D eigenvalue weighted by molar-refractivity contribution is -0.384. The molecule has 2 aromatic rings. The fraction of sp³-hybridized carbons (Fsp3) is 0.278. The number of nitro groups is 1. The van der Waals surface area contributed by atoms with E-state index in [2.05, 4.69) is 5.32 Å². The minimum atomic E-state index is -0.484. The second-order valence-electron chi connectivity index (χ2n) is 6.09. The first-order valence-electron chi connectivity index (χ1n) is 8.25. The minimum Gasteiger partial charge on any atom is -0.366 e. The van der Waals surface area contributed by atoms with Crippen LogP contribution in [0.15, 0.2) is 36.4 Å². The van der Waals surface area contributed by atoms with Gasteiger partial charge in [-0.3, -0.25) is 14.9 Å². The molecule has 136 valence electrons. The van der Waals surface area contributed by atoms with Crippen LogP contribution < -0.4 is 10.2 Å². The normalized spacial score (nSPS) is 14.2. The number of hydrogen-bond acceptors (Lipinski definition) is 4. The van der Waals surface area contributed by atoms with Crippen molar-refractivity contribution in [2.45, 2.75) is 19.3 Å². The maximum atomic E-state index is 12.5. The molecule has 8 heteroatoms. The lowest BCUT2D eigenvalue weighted by Crippen LogP contribution is -2.30. The standard InChI is InChI=1S/C18H17Cl2N3O3/c19-13-5-6-14(20)15(11-13)21-18(24)12-4-7-16(17(10-12)23(25)26)22-8-2-1-3-9-22/h4-7,10-11H,1-3,8-9H2,(H,21,24). The Balaban J connectivity index is 1.88. The Kier molecular flexibility index (Phi) is 5.64. The number of rotatable bonds is 4. The second-order valence-corrected chi connectivity index (χ2v) is 6.93. The van der Waals surface area contributed by atoms with Gasteiger partial charge in [-0.2, -0.15) is 0 Å². The van der Waals surface area contributed by atoms with E-state index in [9.17, 15) is 14.9 Å². The number of carbonyl (C=O) groups is 1. The molecule has 2 aromatic carbocycles. The monoisotopic (exact) mass is 393 g/mol. The number of nitro benzene ring substituents is 1. The van der Waals surface area contributed by atoms with Gasteiger partial charge in [0.25, 0.3) is 11.6 Å². The number of halogens is 2. The van der Waals surface area contributed by atoms with Gasteiger partial charge in [0.05, 0.1) is 15.6 Å². The van der Waals surface area contributed by atoms with Crippen LogP contribution in [0.4, 0.5) is 17.1 Å². The van der Waals surface area contributed by atoms with E-state index < -0.39 is 10.8 Å². The van der Waals surface area contributed by atoms with E-state index >= 15 is 0 Å². The zero-order valence-electron chi connectivity index (χ0n) is 13.9. The summed E-state index contributed by atoms with van der Waals surface area (Å²) in [5.41, 5.74) is 1.02. The third-order valence-electron chi connectivity index (χ3n) is 4.31. The van der Waals surface area contributed by atoms with Crippen molar-refractivity contribution in [2.75, 3.05) is 23.3 Å². The van der Waals surface area contributed by atoms with Gasteiger partial charge in [0.2, 0.25) is 0 Å². The van der Waals surface area contributed by atoms with Gasteiger partial charge in [-0.25, -0.2) is 0 Å². The van der Waals surface area contributed by atoms with Crippen molar-refractivity contribution >= 4 is 46.2 Å². The van der Waals surface area contributed by atoms with Crippen molar-refractivity contribution in [1.29, 1.82) is 0 Å². The molecular weight excluding hydrogens is 377 g/mol. The Hall–Kier alpha value is -2.31. The van der Waals surface area contributed by atoms with Crippen molar-refractivity contribution in [3.63, 3.8) is 0 Å². The zero-order chi connectivity index (χ0) is 18.7. The molecule has 0 bridgehead atoms. The largest absolute Gasteiger partial charge is 0.366 e. The summed E-state index contributed by atoms with van der Waals surface area (Å²) >= 11 is 12.0. The number of anilines is 2. The van der Waals surface area contributed by atoms with Gasteiger partial charge < -0.3 is 10.2 Å². The van der Waals surface area contributed by atoms with Crippen LogP contribution in [0.2, 0.25) is 10.0 Å². The van der Waals surface area contributed by atoms with Gasteiger partial charge in [0.15, 0.2) is 0 Å². The van der Waals surface area contributed by atoms with Crippen LogP contribution in [0.1, 0.15) is 29.6 Å². The van der Waals surface area contributed by atoms with Crippen LogP contribution in [-0.4, -0.2) is 23.9 Å². The van der Waals surface area contributed by atoms with Crippen molar-refractivity contribution in [2.24, 2.45) is 0 Å². The molecule has 0 radical (unpaired) electrons. The van der Waals surface area contributed by atoms with E-state index in [1.54, 1.807) is 24.3 Å². The summed E-state index contributed by atoms with van der Waals surface area (Å²) in [4.78, 5) is 25.5. The van der Waals surface area contributed by atoms with Gasteiger partial charge >= 0.3 is 0 Å². The summed E-state index contributed by atoms with van der Waals surface area (Å²) in [6, 6.07) is 9.23. The Morgan fingerprint density at radius 3 is 2.50 bits per heavy atom. The smallest absolute Gasteiger partial charge is 0.293 e. The lowest BCUT2D eigenvalue weighted by Gasteiger charge is -2.28. The van der Waals surface area contributed by atoms with Gasteiger partial charge in [0, 0.05) is 29.7 Å². The number of amides is 1. The Morgan fingerprint density at radius 1 is 1.08 bits per heavy atom. The predicted octanol–water partition coefficient (Wildman–Crippen LogP) is 5.14. The average Bonchev–Trinajstić information content (AvgIpc) is 2.65. The third-order valence-corrected chi connectivity index (χ3v) is 4.87. The highest BCUT2D eigenvalue weighted by atomic mass is 35.5. The highest BCUT2D eigenvalue weighted by Crippen LogP contribution is 2.32. The van der Waals surface area contributed by atoms with Gasteiger partial charge in [0.1, 0.15) is 5.69 Å². The van der Waals surface area contributed by atoms with Crippen LogP contribution in [0.5, 0.6) is 0 Å². The molecule has 0 atom stereocenters. The molecular formula is C18H17Cl2N3O3. The Morgan fingerprint density at radius 2 is 1.81 bits per heavy atom. The number of hydrogen-bond donors (Lipinski definition) is 1. The minimum absolute atomic E-state index is 0.0725. The summed E-state index contributed by atoms with van der Waals surface area (Å²) in [7, 11) is 0. The van der Waals surface area contributed by atoms with E-state index in [4.69, 9.17) is 23.2 Å². The van der Waals surface area contributed by atoms with Crippen molar-refractivity contribution in [3.05, 3.63) is 62.1 Å². The van der Waals surface area contributed by atoms with Crippen LogP contribution in [0, 0.1) is 10.1 Å². The highest BCUT2D eigenvalue weighted by Gasteiger charge is 2.23. The van der Waals surface area contributed by atoms with Gasteiger partial charge in [-0.15, -0.1) is 0 Å². The molecule has 26 heavy (non-hydrogen) atoms.